The third-order valence-corrected chi connectivity index (χ3v) is 4.69. The Bertz CT molecular complexity index is 581. The zero-order valence-corrected chi connectivity index (χ0v) is 13.2. The van der Waals surface area contributed by atoms with Crippen LogP contribution in [0.1, 0.15) is 49.4 Å². The zero-order chi connectivity index (χ0) is 15.6. The molecule has 0 saturated heterocycles. The number of anilines is 1. The molecule has 0 aromatic heterocycles. The molecule has 21 heavy (non-hydrogen) atoms. The summed E-state index contributed by atoms with van der Waals surface area (Å²) in [4.78, 5) is 23.9. The summed E-state index contributed by atoms with van der Waals surface area (Å²) < 4.78 is 0. The number of hydrogen-bond donors (Lipinski definition) is 2. The molecule has 1 aliphatic carbocycles. The van der Waals surface area contributed by atoms with Crippen molar-refractivity contribution in [3.05, 3.63) is 27.7 Å². The first-order chi connectivity index (χ1) is 9.85. The van der Waals surface area contributed by atoms with Crippen LogP contribution in [0.4, 0.5) is 5.69 Å². The molecule has 2 N–H and O–H groups in total. The highest BCUT2D eigenvalue weighted by molar-refractivity contribution is 6.38. The summed E-state index contributed by atoms with van der Waals surface area (Å²) in [5, 5.41) is 12.2. The molecular weight excluding hydrogens is 313 g/mol. The van der Waals surface area contributed by atoms with Crippen LogP contribution in [0.3, 0.4) is 0 Å². The predicted octanol–water partition coefficient (Wildman–Crippen LogP) is 4.60. The maximum atomic E-state index is 12.5. The molecule has 1 fully saturated rings. The van der Waals surface area contributed by atoms with Crippen LogP contribution in [-0.4, -0.2) is 17.0 Å². The first-order valence-electron chi connectivity index (χ1n) is 6.88. The van der Waals surface area contributed by atoms with Crippen molar-refractivity contribution in [1.82, 2.24) is 0 Å². The van der Waals surface area contributed by atoms with Gasteiger partial charge in [-0.1, -0.05) is 49.4 Å². The molecule has 0 radical (unpaired) electrons. The lowest BCUT2D eigenvalue weighted by molar-refractivity contribution is -0.126. The van der Waals surface area contributed by atoms with E-state index in [2.05, 4.69) is 5.32 Å². The average molecular weight is 330 g/mol. The number of carbonyl (C=O) groups is 2. The molecule has 0 bridgehead atoms. The molecular formula is C15H17Cl2NO3. The van der Waals surface area contributed by atoms with Gasteiger partial charge in [0, 0.05) is 5.41 Å². The number of halogens is 2. The third-order valence-electron chi connectivity index (χ3n) is 4.06. The fraction of sp³-hybridized carbons (Fsp3) is 0.467. The standard InChI is InChI=1S/C15H17Cl2NO3/c1-15(7-3-2-4-8-15)14(21)18-12-10(17)6-5-9(16)11(12)13(19)20/h5-6H,2-4,7-8H2,1H3,(H,18,21)(H,19,20). The fourth-order valence-electron chi connectivity index (χ4n) is 2.71. The molecule has 1 amide bonds. The zero-order valence-electron chi connectivity index (χ0n) is 11.7. The lowest BCUT2D eigenvalue weighted by Gasteiger charge is -2.32. The number of aromatic carboxylic acids is 1. The Labute approximate surface area is 133 Å². The number of carbonyl (C=O) groups excluding carboxylic acids is 1. The van der Waals surface area contributed by atoms with Crippen LogP contribution >= 0.6 is 23.2 Å². The summed E-state index contributed by atoms with van der Waals surface area (Å²) in [5.74, 6) is -1.42. The van der Waals surface area contributed by atoms with E-state index in [9.17, 15) is 14.7 Å². The Kier molecular flexibility index (Phi) is 4.79. The van der Waals surface area contributed by atoms with E-state index in [0.29, 0.717) is 0 Å². The van der Waals surface area contributed by atoms with E-state index in [-0.39, 0.29) is 27.2 Å². The SMILES string of the molecule is CC1(C(=O)Nc2c(Cl)ccc(Cl)c2C(=O)O)CCCCC1. The van der Waals surface area contributed by atoms with Crippen LogP contribution in [-0.2, 0) is 4.79 Å². The van der Waals surface area contributed by atoms with Crippen molar-refractivity contribution in [1.29, 1.82) is 0 Å². The Balaban J connectivity index is 2.33. The van der Waals surface area contributed by atoms with Gasteiger partial charge in [-0.3, -0.25) is 4.79 Å². The van der Waals surface area contributed by atoms with E-state index in [4.69, 9.17) is 23.2 Å². The minimum atomic E-state index is -1.22. The Hall–Kier alpha value is -1.26. The van der Waals surface area contributed by atoms with Crippen molar-refractivity contribution in [2.75, 3.05) is 5.32 Å². The maximum absolute atomic E-state index is 12.5. The number of carboxylic acids is 1. The summed E-state index contributed by atoms with van der Waals surface area (Å²) in [6.07, 6.45) is 4.71. The van der Waals surface area contributed by atoms with Gasteiger partial charge < -0.3 is 10.4 Å². The number of nitrogens with one attached hydrogen (secondary N) is 1. The summed E-state index contributed by atoms with van der Waals surface area (Å²) in [6, 6.07) is 2.89. The van der Waals surface area contributed by atoms with Crippen LogP contribution in [0.25, 0.3) is 0 Å². The van der Waals surface area contributed by atoms with Crippen LogP contribution in [0.5, 0.6) is 0 Å². The third kappa shape index (κ3) is 3.33. The van der Waals surface area contributed by atoms with Crippen molar-refractivity contribution in [2.24, 2.45) is 5.41 Å². The molecule has 1 aromatic carbocycles. The second kappa shape index (κ2) is 6.24. The molecule has 1 aromatic rings. The molecule has 0 unspecified atom stereocenters. The van der Waals surface area contributed by atoms with Gasteiger partial charge in [-0.25, -0.2) is 4.79 Å². The normalized spacial score (nSPS) is 17.3. The highest BCUT2D eigenvalue weighted by Gasteiger charge is 2.35. The van der Waals surface area contributed by atoms with Crippen molar-refractivity contribution in [2.45, 2.75) is 39.0 Å². The Morgan fingerprint density at radius 1 is 1.14 bits per heavy atom. The molecule has 114 valence electrons. The molecule has 4 nitrogen and oxygen atoms in total. The summed E-state index contributed by atoms with van der Waals surface area (Å²) in [5.41, 5.74) is -0.579. The van der Waals surface area contributed by atoms with E-state index in [0.717, 1.165) is 32.1 Å². The number of rotatable bonds is 3. The van der Waals surface area contributed by atoms with Gasteiger partial charge in [0.05, 0.1) is 15.7 Å². The number of hydrogen-bond acceptors (Lipinski definition) is 2. The maximum Gasteiger partial charge on any atom is 0.339 e. The van der Waals surface area contributed by atoms with Gasteiger partial charge >= 0.3 is 5.97 Å². The summed E-state index contributed by atoms with van der Waals surface area (Å²) in [6.45, 7) is 1.90. The van der Waals surface area contributed by atoms with E-state index in [1.807, 2.05) is 6.92 Å². The second-order valence-electron chi connectivity index (χ2n) is 5.66. The van der Waals surface area contributed by atoms with Gasteiger partial charge in [-0.05, 0) is 25.0 Å². The largest absolute Gasteiger partial charge is 0.478 e. The fourth-order valence-corrected chi connectivity index (χ4v) is 3.15. The molecule has 0 atom stereocenters. The van der Waals surface area contributed by atoms with E-state index < -0.39 is 11.4 Å². The smallest absolute Gasteiger partial charge is 0.339 e. The second-order valence-corrected chi connectivity index (χ2v) is 6.47. The van der Waals surface area contributed by atoms with Gasteiger partial charge in [0.2, 0.25) is 5.91 Å². The van der Waals surface area contributed by atoms with Crippen molar-refractivity contribution >= 4 is 40.8 Å². The van der Waals surface area contributed by atoms with Gasteiger partial charge in [-0.2, -0.15) is 0 Å². The molecule has 1 saturated carbocycles. The molecule has 0 spiro atoms. The monoisotopic (exact) mass is 329 g/mol. The minimum absolute atomic E-state index is 0.0518. The molecule has 0 heterocycles. The van der Waals surface area contributed by atoms with Gasteiger partial charge in [0.15, 0.2) is 0 Å². The number of amides is 1. The van der Waals surface area contributed by atoms with Crippen molar-refractivity contribution in [3.63, 3.8) is 0 Å². The average Bonchev–Trinajstić information content (AvgIpc) is 2.43. The predicted molar refractivity (Wildman–Crippen MR) is 83.2 cm³/mol. The summed E-state index contributed by atoms with van der Waals surface area (Å²) in [7, 11) is 0. The first-order valence-corrected chi connectivity index (χ1v) is 7.63. The van der Waals surface area contributed by atoms with Crippen LogP contribution in [0.2, 0.25) is 10.0 Å². The molecule has 1 aliphatic rings. The minimum Gasteiger partial charge on any atom is -0.478 e. The van der Waals surface area contributed by atoms with Crippen LogP contribution < -0.4 is 5.32 Å². The van der Waals surface area contributed by atoms with Crippen LogP contribution in [0.15, 0.2) is 12.1 Å². The van der Waals surface area contributed by atoms with Gasteiger partial charge in [-0.15, -0.1) is 0 Å². The Morgan fingerprint density at radius 2 is 1.71 bits per heavy atom. The quantitative estimate of drug-likeness (QED) is 0.851. The first kappa shape index (κ1) is 16.1. The van der Waals surface area contributed by atoms with Crippen molar-refractivity contribution < 1.29 is 14.7 Å². The van der Waals surface area contributed by atoms with Gasteiger partial charge in [0.1, 0.15) is 5.56 Å². The van der Waals surface area contributed by atoms with E-state index in [1.165, 1.54) is 12.1 Å². The number of benzene rings is 1. The molecule has 2 rings (SSSR count). The van der Waals surface area contributed by atoms with Gasteiger partial charge in [0.25, 0.3) is 0 Å². The lowest BCUT2D eigenvalue weighted by Crippen LogP contribution is -2.35. The Morgan fingerprint density at radius 3 is 2.29 bits per heavy atom. The van der Waals surface area contributed by atoms with E-state index in [1.54, 1.807) is 0 Å². The van der Waals surface area contributed by atoms with E-state index >= 15 is 0 Å². The highest BCUT2D eigenvalue weighted by Crippen LogP contribution is 2.39. The topological polar surface area (TPSA) is 66.4 Å². The van der Waals surface area contributed by atoms with Crippen molar-refractivity contribution in [3.8, 4) is 0 Å². The summed E-state index contributed by atoms with van der Waals surface area (Å²) >= 11 is 11.9. The lowest BCUT2D eigenvalue weighted by atomic mass is 9.75. The highest BCUT2D eigenvalue weighted by atomic mass is 35.5. The van der Waals surface area contributed by atoms with Crippen LogP contribution in [0, 0.1) is 5.41 Å². The molecule has 0 aliphatic heterocycles. The molecule has 6 heteroatoms. The number of carboxylic acid groups (broad SMARTS) is 1.